The first-order valence-corrected chi connectivity index (χ1v) is 27.7. The van der Waals surface area contributed by atoms with E-state index < -0.39 is 121 Å². The molecule has 2 saturated heterocycles. The van der Waals surface area contributed by atoms with Gasteiger partial charge < -0.3 is 67.4 Å². The van der Waals surface area contributed by atoms with E-state index in [1.165, 1.54) is 43.2 Å². The Morgan fingerprint density at radius 1 is 0.842 bits per heavy atom. The van der Waals surface area contributed by atoms with Crippen LogP contribution in [-0.2, 0) is 35.2 Å². The third kappa shape index (κ3) is 18.5. The minimum Gasteiger partial charge on any atom is -0.508 e. The molecule has 1 aromatic carbocycles. The number of phenols is 1. The molecule has 1 aromatic rings. The Balaban J connectivity index is 1.47. The molecule has 13 N–H and O–H groups in total. The number of hydrogen-bond acceptors (Lipinski definition) is 16. The number of benzene rings is 1. The Hall–Kier alpha value is -5.10. The zero-order valence-corrected chi connectivity index (χ0v) is 45.2. The summed E-state index contributed by atoms with van der Waals surface area (Å²) in [6, 6.07) is -2.80. The highest BCUT2D eigenvalue weighted by molar-refractivity contribution is 5.99. The van der Waals surface area contributed by atoms with Gasteiger partial charge in [0, 0.05) is 63.8 Å². The van der Waals surface area contributed by atoms with Crippen molar-refractivity contribution in [2.24, 2.45) is 27.6 Å². The van der Waals surface area contributed by atoms with E-state index in [0.29, 0.717) is 18.3 Å². The number of nitrogens with zero attached hydrogens (tertiary/aromatic N) is 4. The number of aryl methyl sites for hydroxylation is 1. The zero-order chi connectivity index (χ0) is 55.6. The standard InChI is InChI=1S/C54H88N10O12/c1-6-31(2)25-32(3)13-11-9-7-8-10-12-14-45(71)59-40-28-44(70)49(56-23-22-55)62-52(74)48-42(68)21-24-63(48)54(76)47(43(69)26-36-29-57-36)61-50(72)39(20-17-35-15-18-37(66)19-16-35)58-33(4)41-27-38(67)30-64(41)53(75)46(34(5)65)60-51(40)73/h15-16,18-19,29,31-32,34,36,38-44,46-49,56,65-70H,6-14,17,20-28,30,55H2,1-5H3,(H,59,71)(H,60,73)(H,61,72)(H,62,74). The van der Waals surface area contributed by atoms with E-state index in [0.717, 1.165) is 42.6 Å². The van der Waals surface area contributed by atoms with Crippen molar-refractivity contribution in [3.8, 4) is 5.75 Å². The second kappa shape index (κ2) is 30.2. The van der Waals surface area contributed by atoms with Crippen LogP contribution in [0, 0.1) is 11.8 Å². The quantitative estimate of drug-likeness (QED) is 0.0646. The fourth-order valence-electron chi connectivity index (χ4n) is 10.6. The highest BCUT2D eigenvalue weighted by atomic mass is 16.3. The molecule has 5 rings (SSSR count). The van der Waals surface area contributed by atoms with E-state index in [4.69, 9.17) is 10.7 Å². The largest absolute Gasteiger partial charge is 0.508 e. The van der Waals surface area contributed by atoms with Gasteiger partial charge in [0.1, 0.15) is 42.1 Å². The van der Waals surface area contributed by atoms with Gasteiger partial charge in [0.2, 0.25) is 35.4 Å². The molecular formula is C54H88N10O12. The minimum absolute atomic E-state index is 0.0183. The molecule has 22 nitrogen and oxygen atoms in total. The molecule has 0 spiro atoms. The molecular weight excluding hydrogens is 981 g/mol. The highest BCUT2D eigenvalue weighted by Crippen LogP contribution is 2.26. The summed E-state index contributed by atoms with van der Waals surface area (Å²) < 4.78 is 0. The Bertz CT molecular complexity index is 2120. The van der Waals surface area contributed by atoms with Crippen LogP contribution in [0.25, 0.3) is 0 Å². The summed E-state index contributed by atoms with van der Waals surface area (Å²) in [5, 5.41) is 80.5. The predicted molar refractivity (Wildman–Crippen MR) is 286 cm³/mol. The third-order valence-corrected chi connectivity index (χ3v) is 15.3. The number of nitrogens with one attached hydrogen (secondary N) is 5. The van der Waals surface area contributed by atoms with Crippen LogP contribution in [-0.4, -0.2) is 193 Å². The van der Waals surface area contributed by atoms with Crippen LogP contribution in [0.15, 0.2) is 34.3 Å². The van der Waals surface area contributed by atoms with E-state index in [2.05, 4.69) is 52.3 Å². The summed E-state index contributed by atoms with van der Waals surface area (Å²) in [6.07, 6.45) is 1.55. The molecule has 0 saturated carbocycles. The van der Waals surface area contributed by atoms with E-state index in [1.807, 2.05) is 0 Å². The number of amides is 6. The molecule has 0 bridgehead atoms. The van der Waals surface area contributed by atoms with Crippen molar-refractivity contribution < 1.29 is 59.4 Å². The number of carbonyl (C=O) groups excluding carboxylic acids is 6. The first-order valence-electron chi connectivity index (χ1n) is 27.7. The topological polar surface area (TPSA) is 341 Å². The lowest BCUT2D eigenvalue weighted by atomic mass is 9.91. The third-order valence-electron chi connectivity index (χ3n) is 15.3. The van der Waals surface area contributed by atoms with Crippen molar-refractivity contribution in [2.45, 2.75) is 216 Å². The number of carbonyl (C=O) groups is 6. The van der Waals surface area contributed by atoms with Gasteiger partial charge in [-0.2, -0.15) is 0 Å². The van der Waals surface area contributed by atoms with Crippen molar-refractivity contribution in [2.75, 3.05) is 26.2 Å². The van der Waals surface area contributed by atoms with Gasteiger partial charge in [0.15, 0.2) is 0 Å². The Kier molecular flexibility index (Phi) is 24.5. The lowest BCUT2D eigenvalue weighted by Gasteiger charge is -2.34. The number of unbranched alkanes of at least 4 members (excludes halogenated alkanes) is 5. The molecule has 4 heterocycles. The van der Waals surface area contributed by atoms with Gasteiger partial charge >= 0.3 is 0 Å². The first kappa shape index (κ1) is 61.7. The van der Waals surface area contributed by atoms with Crippen molar-refractivity contribution in [3.63, 3.8) is 0 Å². The van der Waals surface area contributed by atoms with Gasteiger partial charge in [-0.05, 0) is 75.5 Å². The van der Waals surface area contributed by atoms with Crippen LogP contribution in [0.1, 0.15) is 136 Å². The Morgan fingerprint density at radius 2 is 1.50 bits per heavy atom. The number of hydrogen-bond donors (Lipinski definition) is 12. The molecule has 76 heavy (non-hydrogen) atoms. The van der Waals surface area contributed by atoms with Crippen molar-refractivity contribution in [1.82, 2.24) is 36.4 Å². The fraction of sp³-hybridized carbons (Fsp3) is 0.741. The lowest BCUT2D eigenvalue weighted by molar-refractivity contribution is -0.146. The predicted octanol–water partition coefficient (Wildman–Crippen LogP) is 0.0654. The summed E-state index contributed by atoms with van der Waals surface area (Å²) in [5.74, 6) is -3.48. The van der Waals surface area contributed by atoms with E-state index in [1.54, 1.807) is 25.3 Å². The molecule has 0 aromatic heterocycles. The number of rotatable bonds is 23. The van der Waals surface area contributed by atoms with E-state index in [9.17, 15) is 59.4 Å². The monoisotopic (exact) mass is 1070 g/mol. The van der Waals surface area contributed by atoms with Crippen LogP contribution >= 0.6 is 0 Å². The number of aliphatic hydroxyl groups is 5. The second-order valence-electron chi connectivity index (χ2n) is 21.8. The lowest BCUT2D eigenvalue weighted by Crippen LogP contribution is -2.63. The average molecular weight is 1070 g/mol. The second-order valence-corrected chi connectivity index (χ2v) is 21.8. The number of fused-ring (bicyclic) bond motifs is 2. The normalized spacial score (nSPS) is 29.5. The summed E-state index contributed by atoms with van der Waals surface area (Å²) in [7, 11) is 0. The molecule has 15 atom stereocenters. The summed E-state index contributed by atoms with van der Waals surface area (Å²) in [6.45, 7) is 9.31. The van der Waals surface area contributed by atoms with E-state index >= 15 is 0 Å². The number of aromatic hydroxyl groups is 1. The van der Waals surface area contributed by atoms with Gasteiger partial charge in [-0.25, -0.2) is 0 Å². The molecule has 426 valence electrons. The van der Waals surface area contributed by atoms with Crippen LogP contribution in [0.5, 0.6) is 5.75 Å². The average Bonchev–Trinajstić information content (AvgIpc) is 3.98. The number of aliphatic imine (C=N–C) groups is 2. The maximum Gasteiger partial charge on any atom is 0.248 e. The van der Waals surface area contributed by atoms with Gasteiger partial charge in [-0.3, -0.25) is 44.1 Å². The molecule has 4 aliphatic rings. The molecule has 4 aliphatic heterocycles. The smallest absolute Gasteiger partial charge is 0.248 e. The van der Waals surface area contributed by atoms with Gasteiger partial charge in [0.05, 0.1) is 42.6 Å². The van der Waals surface area contributed by atoms with Crippen molar-refractivity contribution in [1.29, 1.82) is 0 Å². The van der Waals surface area contributed by atoms with Crippen LogP contribution in [0.2, 0.25) is 0 Å². The molecule has 6 amide bonds. The number of phenolic OH excluding ortho intramolecular Hbond substituents is 1. The Labute approximate surface area is 447 Å². The SMILES string of the molecule is CCC(C)CC(C)CCCCCCCCC(=O)NC1CC(O)C(NCCN)NC(=O)C2C(O)CCN2C(=O)C(C(O)CC2C=N2)NC(=O)C(CCc2ccc(O)cc2)N=C(C)C2CC(O)CN2C(=O)C(C(C)O)NC1=O. The highest BCUT2D eigenvalue weighted by Gasteiger charge is 2.47. The molecule has 15 unspecified atom stereocenters. The maximum absolute atomic E-state index is 14.7. The minimum atomic E-state index is -1.67. The van der Waals surface area contributed by atoms with E-state index in [-0.39, 0.29) is 76.2 Å². The van der Waals surface area contributed by atoms with Crippen LogP contribution < -0.4 is 32.3 Å². The molecule has 2 fully saturated rings. The van der Waals surface area contributed by atoms with Crippen molar-refractivity contribution in [3.05, 3.63) is 29.8 Å². The summed E-state index contributed by atoms with van der Waals surface area (Å²) in [5.41, 5.74) is 6.77. The van der Waals surface area contributed by atoms with Gasteiger partial charge in [-0.1, -0.05) is 77.8 Å². The maximum atomic E-state index is 14.7. The van der Waals surface area contributed by atoms with Crippen molar-refractivity contribution >= 4 is 47.4 Å². The molecule has 0 aliphatic carbocycles. The number of aliphatic hydroxyl groups excluding tert-OH is 5. The fourth-order valence-corrected chi connectivity index (χ4v) is 10.6. The summed E-state index contributed by atoms with van der Waals surface area (Å²) in [4.78, 5) is 97.6. The molecule has 0 radical (unpaired) electrons. The van der Waals surface area contributed by atoms with Crippen LogP contribution in [0.3, 0.4) is 0 Å². The number of nitrogens with two attached hydrogens (primary N) is 1. The van der Waals surface area contributed by atoms with Gasteiger partial charge in [-0.15, -0.1) is 0 Å². The van der Waals surface area contributed by atoms with Gasteiger partial charge in [0.25, 0.3) is 0 Å². The Morgan fingerprint density at radius 3 is 2.16 bits per heavy atom. The first-order chi connectivity index (χ1) is 36.2. The molecule has 22 heteroatoms. The zero-order valence-electron chi connectivity index (χ0n) is 45.2. The van der Waals surface area contributed by atoms with Crippen LogP contribution in [0.4, 0.5) is 0 Å². The summed E-state index contributed by atoms with van der Waals surface area (Å²) >= 11 is 0.